The largest absolute Gasteiger partial charge is 0.404 e. The topological polar surface area (TPSA) is 35.2 Å². The van der Waals surface area contributed by atoms with Crippen molar-refractivity contribution >= 4 is 12.6 Å². The van der Waals surface area contributed by atoms with Crippen LogP contribution in [0.15, 0.2) is 54.0 Å². The fourth-order valence-electron chi connectivity index (χ4n) is 2.45. The van der Waals surface area contributed by atoms with Crippen LogP contribution in [0, 0.1) is 0 Å². The molecule has 1 saturated heterocycles. The van der Waals surface area contributed by atoms with E-state index in [4.69, 9.17) is 10.5 Å². The fourth-order valence-corrected chi connectivity index (χ4v) is 6.12. The first-order chi connectivity index (χ1) is 9.73. The molecule has 1 heterocycles. The van der Waals surface area contributed by atoms with Crippen molar-refractivity contribution in [2.24, 2.45) is 5.73 Å². The van der Waals surface area contributed by atoms with Crippen LogP contribution in [0.4, 0.5) is 0 Å². The Bertz CT molecular complexity index is 451. The molecule has 0 saturated carbocycles. The van der Waals surface area contributed by atoms with Gasteiger partial charge in [-0.3, -0.25) is 0 Å². The molecule has 1 aromatic rings. The summed E-state index contributed by atoms with van der Waals surface area (Å²) < 4.78 is 5.42. The molecular formula is C17H27NOP+. The van der Waals surface area contributed by atoms with Gasteiger partial charge in [0, 0.05) is 0 Å². The van der Waals surface area contributed by atoms with Crippen molar-refractivity contribution in [1.82, 2.24) is 0 Å². The van der Waals surface area contributed by atoms with Crippen molar-refractivity contribution in [3.05, 3.63) is 54.0 Å². The first kappa shape index (κ1) is 16.9. The summed E-state index contributed by atoms with van der Waals surface area (Å²) in [5.41, 5.74) is 6.23. The standard InChI is InChI=1S/C15H21NOP.C2H6/c1-3-13(9-10-16)18(2,15-11-17-12-15)14-7-5-4-6-8-14;1-2/h3-10,15H,11-12,16H2,1-2H3;1-2H3/q+1;/b10-9-,13-3+;. The highest BCUT2D eigenvalue weighted by molar-refractivity contribution is 7.86. The van der Waals surface area contributed by atoms with Crippen LogP contribution < -0.4 is 11.0 Å². The lowest BCUT2D eigenvalue weighted by Gasteiger charge is -2.37. The second-order valence-electron chi connectivity index (χ2n) is 4.67. The molecule has 1 aliphatic heterocycles. The summed E-state index contributed by atoms with van der Waals surface area (Å²) in [6.07, 6.45) is 5.90. The van der Waals surface area contributed by atoms with Gasteiger partial charge in [-0.25, -0.2) is 0 Å². The Morgan fingerprint density at radius 3 is 2.25 bits per heavy atom. The average Bonchev–Trinajstić information content (AvgIpc) is 2.45. The van der Waals surface area contributed by atoms with E-state index in [2.05, 4.69) is 56.1 Å². The zero-order chi connectivity index (χ0) is 15.0. The van der Waals surface area contributed by atoms with E-state index in [9.17, 15) is 0 Å². The molecule has 1 fully saturated rings. The molecule has 2 nitrogen and oxygen atoms in total. The number of benzene rings is 1. The van der Waals surface area contributed by atoms with Gasteiger partial charge in [-0.1, -0.05) is 32.0 Å². The van der Waals surface area contributed by atoms with Crippen LogP contribution in [0.3, 0.4) is 0 Å². The molecule has 0 radical (unpaired) electrons. The van der Waals surface area contributed by atoms with Gasteiger partial charge in [0.25, 0.3) is 0 Å². The molecule has 110 valence electrons. The highest BCUT2D eigenvalue weighted by atomic mass is 31.2. The second kappa shape index (κ2) is 8.24. The van der Waals surface area contributed by atoms with E-state index in [0.29, 0.717) is 5.66 Å². The van der Waals surface area contributed by atoms with Crippen LogP contribution in [0.2, 0.25) is 0 Å². The second-order valence-corrected chi connectivity index (χ2v) is 8.59. The highest BCUT2D eigenvalue weighted by Crippen LogP contribution is 2.67. The van der Waals surface area contributed by atoms with Gasteiger partial charge in [-0.05, 0) is 37.4 Å². The quantitative estimate of drug-likeness (QED) is 0.677. The molecule has 2 rings (SSSR count). The van der Waals surface area contributed by atoms with Crippen LogP contribution in [-0.2, 0) is 4.74 Å². The van der Waals surface area contributed by atoms with E-state index in [1.165, 1.54) is 10.6 Å². The SMILES string of the molecule is C/C=C(\C=C/N)[P+](C)(c1ccccc1)C1COC1.CC. The molecule has 1 aliphatic rings. The molecule has 1 unspecified atom stereocenters. The summed E-state index contributed by atoms with van der Waals surface area (Å²) in [7, 11) is -1.38. The molecule has 0 bridgehead atoms. The van der Waals surface area contributed by atoms with Crippen molar-refractivity contribution in [1.29, 1.82) is 0 Å². The van der Waals surface area contributed by atoms with Gasteiger partial charge in [0.2, 0.25) is 0 Å². The van der Waals surface area contributed by atoms with Crippen molar-refractivity contribution in [2.45, 2.75) is 26.4 Å². The van der Waals surface area contributed by atoms with E-state index in [1.54, 1.807) is 6.20 Å². The number of hydrogen-bond acceptors (Lipinski definition) is 2. The van der Waals surface area contributed by atoms with Crippen molar-refractivity contribution in [2.75, 3.05) is 19.9 Å². The van der Waals surface area contributed by atoms with Gasteiger partial charge in [-0.2, -0.15) is 0 Å². The van der Waals surface area contributed by atoms with Gasteiger partial charge in [0.1, 0.15) is 5.66 Å². The molecular weight excluding hydrogens is 265 g/mol. The van der Waals surface area contributed by atoms with Gasteiger partial charge < -0.3 is 10.5 Å². The highest BCUT2D eigenvalue weighted by Gasteiger charge is 2.49. The first-order valence-electron chi connectivity index (χ1n) is 7.28. The zero-order valence-corrected chi connectivity index (χ0v) is 13.9. The summed E-state index contributed by atoms with van der Waals surface area (Å²) >= 11 is 0. The lowest BCUT2D eigenvalue weighted by Crippen LogP contribution is -2.39. The Kier molecular flexibility index (Phi) is 6.98. The van der Waals surface area contributed by atoms with Crippen molar-refractivity contribution < 1.29 is 4.74 Å². The third-order valence-electron chi connectivity index (χ3n) is 3.74. The maximum atomic E-state index is 5.60. The number of rotatable bonds is 4. The Hall–Kier alpha value is -1.11. The summed E-state index contributed by atoms with van der Waals surface area (Å²) in [6, 6.07) is 10.8. The minimum absolute atomic E-state index is 0.627. The van der Waals surface area contributed by atoms with Crippen molar-refractivity contribution in [3.63, 3.8) is 0 Å². The van der Waals surface area contributed by atoms with E-state index < -0.39 is 7.26 Å². The van der Waals surface area contributed by atoms with Crippen LogP contribution >= 0.6 is 7.26 Å². The number of ether oxygens (including phenoxy) is 1. The van der Waals surface area contributed by atoms with E-state index >= 15 is 0 Å². The van der Waals surface area contributed by atoms with Crippen LogP contribution in [-0.4, -0.2) is 25.5 Å². The van der Waals surface area contributed by atoms with Gasteiger partial charge >= 0.3 is 0 Å². The van der Waals surface area contributed by atoms with Crippen LogP contribution in [0.25, 0.3) is 0 Å². The third kappa shape index (κ3) is 3.31. The molecule has 1 atom stereocenters. The van der Waals surface area contributed by atoms with Gasteiger partial charge in [0.05, 0.1) is 37.8 Å². The summed E-state index contributed by atoms with van der Waals surface area (Å²) in [6.45, 7) is 10.2. The summed E-state index contributed by atoms with van der Waals surface area (Å²) in [5.74, 6) is 0. The van der Waals surface area contributed by atoms with Crippen LogP contribution in [0.1, 0.15) is 20.8 Å². The van der Waals surface area contributed by atoms with E-state index in [0.717, 1.165) is 13.2 Å². The molecule has 0 aromatic heterocycles. The number of nitrogens with two attached hydrogens (primary N) is 1. The fraction of sp³-hybridized carbons (Fsp3) is 0.412. The number of allylic oxidation sites excluding steroid dienone is 3. The average molecular weight is 292 g/mol. The molecule has 20 heavy (non-hydrogen) atoms. The van der Waals surface area contributed by atoms with Gasteiger partial charge in [0.15, 0.2) is 0 Å². The molecule has 3 heteroatoms. The predicted octanol–water partition coefficient (Wildman–Crippen LogP) is 3.76. The van der Waals surface area contributed by atoms with E-state index in [1.807, 2.05) is 13.8 Å². The molecule has 0 amide bonds. The van der Waals surface area contributed by atoms with Gasteiger partial charge in [-0.15, -0.1) is 0 Å². The smallest absolute Gasteiger partial charge is 0.125 e. The Balaban J connectivity index is 0.000000956. The number of hydrogen-bond donors (Lipinski definition) is 1. The minimum atomic E-state index is -1.38. The molecule has 0 spiro atoms. The third-order valence-corrected chi connectivity index (χ3v) is 8.35. The Labute approximate surface area is 124 Å². The lowest BCUT2D eigenvalue weighted by atomic mass is 10.4. The monoisotopic (exact) mass is 292 g/mol. The maximum absolute atomic E-state index is 5.60. The Morgan fingerprint density at radius 2 is 1.85 bits per heavy atom. The molecule has 1 aromatic carbocycles. The van der Waals surface area contributed by atoms with E-state index in [-0.39, 0.29) is 0 Å². The summed E-state index contributed by atoms with van der Waals surface area (Å²) in [4.78, 5) is 0. The minimum Gasteiger partial charge on any atom is -0.404 e. The predicted molar refractivity (Wildman–Crippen MR) is 92.0 cm³/mol. The maximum Gasteiger partial charge on any atom is 0.125 e. The zero-order valence-electron chi connectivity index (χ0n) is 13.0. The summed E-state index contributed by atoms with van der Waals surface area (Å²) in [5, 5.41) is 2.80. The molecule has 2 N–H and O–H groups in total. The molecule has 0 aliphatic carbocycles. The Morgan fingerprint density at radius 1 is 1.25 bits per heavy atom. The van der Waals surface area contributed by atoms with Crippen molar-refractivity contribution in [3.8, 4) is 0 Å². The first-order valence-corrected chi connectivity index (χ1v) is 9.58. The lowest BCUT2D eigenvalue weighted by molar-refractivity contribution is 0.0427. The van der Waals surface area contributed by atoms with Crippen LogP contribution in [0.5, 0.6) is 0 Å². The normalized spacial score (nSPS) is 18.9.